The van der Waals surface area contributed by atoms with Gasteiger partial charge in [0, 0.05) is 6.42 Å². The molecule has 0 saturated carbocycles. The second kappa shape index (κ2) is 3.91. The van der Waals surface area contributed by atoms with Crippen molar-refractivity contribution < 1.29 is 14.2 Å². The maximum Gasteiger partial charge on any atom is 0.181 e. The number of fused-ring (bicyclic) bond motifs is 1. The lowest BCUT2D eigenvalue weighted by Crippen LogP contribution is -2.08. The molecule has 2 atom stereocenters. The lowest BCUT2D eigenvalue weighted by atomic mass is 10.2. The summed E-state index contributed by atoms with van der Waals surface area (Å²) in [6.07, 6.45) is 1.76. The van der Waals surface area contributed by atoms with Crippen LogP contribution in [-0.4, -0.2) is 30.7 Å². The van der Waals surface area contributed by atoms with E-state index < -0.39 is 12.3 Å². The van der Waals surface area contributed by atoms with Crippen LogP contribution in [0, 0.1) is 0 Å². The van der Waals surface area contributed by atoms with Gasteiger partial charge in [0.25, 0.3) is 0 Å². The third-order valence-electron chi connectivity index (χ3n) is 2.83. The number of nitrogen functional groups attached to an aromatic ring is 1. The highest BCUT2D eigenvalue weighted by Gasteiger charge is 2.32. The highest BCUT2D eigenvalue weighted by atomic mass is 19.1. The van der Waals surface area contributed by atoms with E-state index in [1.54, 1.807) is 4.57 Å². The third-order valence-corrected chi connectivity index (χ3v) is 2.83. The number of aliphatic hydroxyl groups excluding tert-OH is 1. The average Bonchev–Trinajstić information content (AvgIpc) is 2.93. The Morgan fingerprint density at radius 1 is 1.50 bits per heavy atom. The second-order valence-electron chi connectivity index (χ2n) is 3.92. The Morgan fingerprint density at radius 3 is 3.06 bits per heavy atom. The van der Waals surface area contributed by atoms with E-state index in [0.29, 0.717) is 11.2 Å². The van der Waals surface area contributed by atoms with E-state index in [2.05, 4.69) is 15.0 Å². The lowest BCUT2D eigenvalue weighted by molar-refractivity contribution is 0.0977. The summed E-state index contributed by atoms with van der Waals surface area (Å²) in [4.78, 5) is 12.0. The first-order valence-corrected chi connectivity index (χ1v) is 5.28. The Kier molecular flexibility index (Phi) is 2.37. The Balaban J connectivity index is 2.04. The first-order chi connectivity index (χ1) is 8.70. The first kappa shape index (κ1) is 10.9. The maximum absolute atomic E-state index is 12.4. The molecule has 1 fully saturated rings. The maximum atomic E-state index is 12.4. The molecular weight excluding hydrogens is 241 g/mol. The predicted molar refractivity (Wildman–Crippen MR) is 59.7 cm³/mol. The number of imidazole rings is 1. The molecular formula is C10H10FN5O2. The van der Waals surface area contributed by atoms with E-state index in [1.807, 2.05) is 0 Å². The highest BCUT2D eigenvalue weighted by Crippen LogP contribution is 2.33. The van der Waals surface area contributed by atoms with Gasteiger partial charge in [-0.1, -0.05) is 0 Å². The van der Waals surface area contributed by atoms with Gasteiger partial charge >= 0.3 is 0 Å². The summed E-state index contributed by atoms with van der Waals surface area (Å²) in [6, 6.07) is 0. The summed E-state index contributed by atoms with van der Waals surface area (Å²) in [5.41, 5.74) is 6.60. The summed E-state index contributed by atoms with van der Waals surface area (Å²) < 4.78 is 19.3. The second-order valence-corrected chi connectivity index (χ2v) is 3.92. The Morgan fingerprint density at radius 2 is 2.33 bits per heavy atom. The fourth-order valence-corrected chi connectivity index (χ4v) is 1.94. The molecule has 0 amide bonds. The molecule has 0 bridgehead atoms. The van der Waals surface area contributed by atoms with Crippen LogP contribution in [0.3, 0.4) is 0 Å². The molecule has 7 nitrogen and oxygen atoms in total. The molecule has 1 saturated heterocycles. The highest BCUT2D eigenvalue weighted by molar-refractivity contribution is 5.81. The molecule has 3 heterocycles. The number of anilines is 1. The molecule has 3 N–H and O–H groups in total. The van der Waals surface area contributed by atoms with Crippen molar-refractivity contribution in [2.45, 2.75) is 18.8 Å². The Labute approximate surface area is 101 Å². The van der Waals surface area contributed by atoms with E-state index in [9.17, 15) is 9.50 Å². The normalized spacial score (nSPS) is 25.8. The number of hydrogen-bond donors (Lipinski definition) is 2. The molecule has 8 heteroatoms. The van der Waals surface area contributed by atoms with Crippen LogP contribution in [0.1, 0.15) is 12.6 Å². The zero-order chi connectivity index (χ0) is 12.7. The van der Waals surface area contributed by atoms with E-state index in [4.69, 9.17) is 10.5 Å². The monoisotopic (exact) mass is 251 g/mol. The van der Waals surface area contributed by atoms with Crippen LogP contribution in [0.4, 0.5) is 10.2 Å². The third kappa shape index (κ3) is 1.50. The van der Waals surface area contributed by atoms with Crippen LogP contribution >= 0.6 is 0 Å². The Bertz CT molecular complexity index is 626. The Hall–Kier alpha value is -2.22. The number of nitrogens with zero attached hydrogens (tertiary/aromatic N) is 4. The molecule has 0 unspecified atom stereocenters. The van der Waals surface area contributed by atoms with Gasteiger partial charge < -0.3 is 15.6 Å². The fourth-order valence-electron chi connectivity index (χ4n) is 1.94. The fraction of sp³-hybridized carbons (Fsp3) is 0.300. The topological polar surface area (TPSA) is 99.1 Å². The lowest BCUT2D eigenvalue weighted by Gasteiger charge is -2.11. The van der Waals surface area contributed by atoms with Crippen LogP contribution < -0.4 is 5.73 Å². The largest absolute Gasteiger partial charge is 0.469 e. The molecule has 2 aromatic heterocycles. The molecule has 0 aliphatic carbocycles. The van der Waals surface area contributed by atoms with Gasteiger partial charge in [0.05, 0.1) is 0 Å². The van der Waals surface area contributed by atoms with Crippen molar-refractivity contribution in [2.75, 3.05) is 5.73 Å². The van der Waals surface area contributed by atoms with Crippen LogP contribution in [-0.2, 0) is 4.74 Å². The smallest absolute Gasteiger partial charge is 0.181 e. The van der Waals surface area contributed by atoms with Gasteiger partial charge in [-0.2, -0.15) is 0 Å². The van der Waals surface area contributed by atoms with Crippen molar-refractivity contribution >= 4 is 17.0 Å². The van der Waals surface area contributed by atoms with Crippen LogP contribution in [0.25, 0.3) is 11.2 Å². The molecule has 1 aliphatic heterocycles. The number of rotatable bonds is 1. The quantitative estimate of drug-likeness (QED) is 0.765. The van der Waals surface area contributed by atoms with Crippen molar-refractivity contribution in [3.05, 3.63) is 24.7 Å². The number of halogens is 1. The minimum absolute atomic E-state index is 0.0936. The number of ether oxygens (including phenoxy) is 1. The van der Waals surface area contributed by atoms with Crippen molar-refractivity contribution in [2.24, 2.45) is 0 Å². The van der Waals surface area contributed by atoms with E-state index in [0.717, 1.165) is 0 Å². The number of nitrogens with two attached hydrogens (primary N) is 1. The van der Waals surface area contributed by atoms with Gasteiger partial charge in [-0.3, -0.25) is 4.57 Å². The summed E-state index contributed by atoms with van der Waals surface area (Å²) in [6.45, 7) is 0. The first-order valence-electron chi connectivity index (χ1n) is 5.28. The van der Waals surface area contributed by atoms with Crippen molar-refractivity contribution in [3.8, 4) is 0 Å². The summed E-state index contributed by atoms with van der Waals surface area (Å²) in [5.74, 6) is 0.169. The van der Waals surface area contributed by atoms with E-state index in [-0.39, 0.29) is 24.3 Å². The van der Waals surface area contributed by atoms with Crippen molar-refractivity contribution in [3.63, 3.8) is 0 Å². The summed E-state index contributed by atoms with van der Waals surface area (Å²) >= 11 is 0. The predicted octanol–water partition coefficient (Wildman–Crippen LogP) is 0.499. The molecule has 0 spiro atoms. The van der Waals surface area contributed by atoms with Crippen LogP contribution in [0.2, 0.25) is 0 Å². The molecule has 94 valence electrons. The summed E-state index contributed by atoms with van der Waals surface area (Å²) in [7, 11) is 0. The molecule has 2 aromatic rings. The van der Waals surface area contributed by atoms with Crippen LogP contribution in [0.15, 0.2) is 24.7 Å². The molecule has 1 aliphatic rings. The summed E-state index contributed by atoms with van der Waals surface area (Å²) in [5, 5.41) is 9.56. The molecule has 0 aromatic carbocycles. The minimum atomic E-state index is -0.961. The number of aliphatic hydroxyl groups is 1. The van der Waals surface area contributed by atoms with Crippen molar-refractivity contribution in [1.29, 1.82) is 0 Å². The van der Waals surface area contributed by atoms with E-state index >= 15 is 0 Å². The average molecular weight is 251 g/mol. The van der Waals surface area contributed by atoms with Gasteiger partial charge in [0.2, 0.25) is 0 Å². The molecule has 18 heavy (non-hydrogen) atoms. The number of hydrogen-bond acceptors (Lipinski definition) is 6. The molecule has 0 radical (unpaired) electrons. The molecule has 3 rings (SSSR count). The van der Waals surface area contributed by atoms with Crippen molar-refractivity contribution in [1.82, 2.24) is 19.5 Å². The van der Waals surface area contributed by atoms with Crippen LogP contribution in [0.5, 0.6) is 0 Å². The standard InChI is InChI=1S/C10H10FN5O2/c11-2-6-5(17)1-7(18-6)16-4-15-8-9(12)13-3-14-10(8)16/h2-5,7,17H,1H2,(H2,12,13,14)/b6-2+/t5-,7+/m0/s1. The zero-order valence-corrected chi connectivity index (χ0v) is 9.19. The van der Waals surface area contributed by atoms with E-state index in [1.165, 1.54) is 12.7 Å². The van der Waals surface area contributed by atoms with Gasteiger partial charge in [-0.15, -0.1) is 0 Å². The van der Waals surface area contributed by atoms with Gasteiger partial charge in [-0.25, -0.2) is 19.3 Å². The van der Waals surface area contributed by atoms with Gasteiger partial charge in [0.15, 0.2) is 23.5 Å². The van der Waals surface area contributed by atoms with Gasteiger partial charge in [0.1, 0.15) is 30.6 Å². The zero-order valence-electron chi connectivity index (χ0n) is 9.19. The van der Waals surface area contributed by atoms with Gasteiger partial charge in [-0.05, 0) is 0 Å². The number of aromatic nitrogens is 4. The minimum Gasteiger partial charge on any atom is -0.469 e. The SMILES string of the molecule is Nc1ncnc2c1ncn2[C@H]1C[C@H](O)/C(=C\F)O1.